The third-order valence-corrected chi connectivity index (χ3v) is 4.48. The molecule has 0 atom stereocenters. The van der Waals surface area contributed by atoms with E-state index < -0.39 is 5.97 Å². The van der Waals surface area contributed by atoms with Crippen LogP contribution in [-0.4, -0.2) is 36.3 Å². The van der Waals surface area contributed by atoms with Crippen molar-refractivity contribution in [3.05, 3.63) is 53.7 Å². The molecule has 0 radical (unpaired) electrons. The van der Waals surface area contributed by atoms with Crippen LogP contribution in [0.25, 0.3) is 11.0 Å². The molecule has 3 rings (SSSR count). The number of benzene rings is 2. The number of anilines is 1. The van der Waals surface area contributed by atoms with E-state index in [2.05, 4.69) is 15.3 Å². The second kappa shape index (κ2) is 10.4. The summed E-state index contributed by atoms with van der Waals surface area (Å²) in [4.78, 5) is 21.7. The Morgan fingerprint density at radius 2 is 1.80 bits per heavy atom. The van der Waals surface area contributed by atoms with Crippen molar-refractivity contribution < 1.29 is 19.0 Å². The molecule has 158 valence electrons. The van der Waals surface area contributed by atoms with E-state index in [0.717, 1.165) is 18.4 Å². The predicted octanol–water partition coefficient (Wildman–Crippen LogP) is 4.61. The van der Waals surface area contributed by atoms with Gasteiger partial charge in [-0.2, -0.15) is 0 Å². The van der Waals surface area contributed by atoms with E-state index in [-0.39, 0.29) is 5.69 Å². The fraction of sp³-hybridized carbons (Fsp3) is 0.348. The van der Waals surface area contributed by atoms with Crippen LogP contribution in [0.1, 0.15) is 42.7 Å². The number of fused-ring (bicyclic) bond motifs is 1. The van der Waals surface area contributed by atoms with Crippen LogP contribution in [0.4, 0.5) is 5.82 Å². The van der Waals surface area contributed by atoms with E-state index in [1.54, 1.807) is 7.11 Å². The minimum atomic E-state index is -0.478. The molecule has 7 heteroatoms. The molecule has 7 nitrogen and oxygen atoms in total. The fourth-order valence-electron chi connectivity index (χ4n) is 2.93. The van der Waals surface area contributed by atoms with Crippen LogP contribution in [0.15, 0.2) is 42.5 Å². The van der Waals surface area contributed by atoms with Crippen LogP contribution < -0.4 is 14.8 Å². The van der Waals surface area contributed by atoms with E-state index in [9.17, 15) is 4.79 Å². The zero-order chi connectivity index (χ0) is 21.3. The Labute approximate surface area is 176 Å². The summed E-state index contributed by atoms with van der Waals surface area (Å²) in [6, 6.07) is 13.1. The monoisotopic (exact) mass is 409 g/mol. The highest BCUT2D eigenvalue weighted by molar-refractivity contribution is 5.95. The Hall–Kier alpha value is -3.35. The lowest BCUT2D eigenvalue weighted by atomic mass is 10.2. The summed E-state index contributed by atoms with van der Waals surface area (Å²) in [7, 11) is 1.61. The molecule has 0 amide bonds. The van der Waals surface area contributed by atoms with E-state index in [1.165, 1.54) is 0 Å². The third-order valence-electron chi connectivity index (χ3n) is 4.48. The second-order valence-electron chi connectivity index (χ2n) is 6.67. The highest BCUT2D eigenvalue weighted by atomic mass is 16.5. The summed E-state index contributed by atoms with van der Waals surface area (Å²) < 4.78 is 16.3. The quantitative estimate of drug-likeness (QED) is 0.387. The molecule has 0 saturated carbocycles. The maximum atomic E-state index is 12.6. The van der Waals surface area contributed by atoms with E-state index in [1.807, 2.05) is 56.3 Å². The maximum absolute atomic E-state index is 12.6. The number of hydrogen-bond acceptors (Lipinski definition) is 7. The highest BCUT2D eigenvalue weighted by Gasteiger charge is 2.18. The first-order valence-corrected chi connectivity index (χ1v) is 10.1. The zero-order valence-corrected chi connectivity index (χ0v) is 17.6. The molecule has 1 heterocycles. The molecule has 0 unspecified atom stereocenters. The molecular formula is C23H27N3O4. The SMILES string of the molecule is CCCCOC(=O)c1nc2ccccc2nc1NCc1ccc(OCC)c(OC)c1. The molecule has 0 aliphatic heterocycles. The third kappa shape index (κ3) is 5.17. The minimum Gasteiger partial charge on any atom is -0.493 e. The van der Waals surface area contributed by atoms with Crippen molar-refractivity contribution in [2.75, 3.05) is 25.6 Å². The van der Waals surface area contributed by atoms with Gasteiger partial charge in [-0.15, -0.1) is 0 Å². The summed E-state index contributed by atoms with van der Waals surface area (Å²) >= 11 is 0. The number of aromatic nitrogens is 2. The number of unbranched alkanes of at least 4 members (excludes halogenated alkanes) is 1. The number of para-hydroxylation sites is 2. The molecule has 1 N–H and O–H groups in total. The summed E-state index contributed by atoms with van der Waals surface area (Å²) in [5, 5.41) is 3.22. The van der Waals surface area contributed by atoms with Crippen molar-refractivity contribution in [3.63, 3.8) is 0 Å². The number of esters is 1. The van der Waals surface area contributed by atoms with Gasteiger partial charge in [0.05, 0.1) is 31.4 Å². The lowest BCUT2D eigenvalue weighted by Gasteiger charge is -2.13. The Bertz CT molecular complexity index is 1010. The van der Waals surface area contributed by atoms with Gasteiger partial charge in [0.1, 0.15) is 0 Å². The summed E-state index contributed by atoms with van der Waals surface area (Å²) in [5.41, 5.74) is 2.49. The van der Waals surface area contributed by atoms with Gasteiger partial charge in [-0.3, -0.25) is 0 Å². The first kappa shape index (κ1) is 21.4. The normalized spacial score (nSPS) is 10.6. The number of carbonyl (C=O) groups is 1. The molecule has 0 aliphatic carbocycles. The molecule has 0 spiro atoms. The van der Waals surface area contributed by atoms with Crippen LogP contribution in [0, 0.1) is 0 Å². The lowest BCUT2D eigenvalue weighted by Crippen LogP contribution is -2.14. The van der Waals surface area contributed by atoms with Crippen molar-refractivity contribution in [1.82, 2.24) is 9.97 Å². The number of ether oxygens (including phenoxy) is 3. The molecule has 0 bridgehead atoms. The van der Waals surface area contributed by atoms with Crippen LogP contribution >= 0.6 is 0 Å². The molecule has 1 aromatic heterocycles. The van der Waals surface area contributed by atoms with Crippen LogP contribution in [0.5, 0.6) is 11.5 Å². The first-order valence-electron chi connectivity index (χ1n) is 10.1. The number of hydrogen-bond donors (Lipinski definition) is 1. The fourth-order valence-corrected chi connectivity index (χ4v) is 2.93. The molecule has 2 aromatic carbocycles. The molecule has 0 aliphatic rings. The average molecular weight is 409 g/mol. The van der Waals surface area contributed by atoms with Crippen molar-refractivity contribution in [2.24, 2.45) is 0 Å². The second-order valence-corrected chi connectivity index (χ2v) is 6.67. The van der Waals surface area contributed by atoms with E-state index in [0.29, 0.717) is 48.1 Å². The van der Waals surface area contributed by atoms with Gasteiger partial charge in [-0.05, 0) is 43.2 Å². The number of nitrogens with zero attached hydrogens (tertiary/aromatic N) is 2. The van der Waals surface area contributed by atoms with Crippen molar-refractivity contribution >= 4 is 22.8 Å². The Morgan fingerprint density at radius 1 is 1.03 bits per heavy atom. The van der Waals surface area contributed by atoms with Crippen molar-refractivity contribution in [3.8, 4) is 11.5 Å². The topological polar surface area (TPSA) is 82.6 Å². The Balaban J connectivity index is 1.85. The van der Waals surface area contributed by atoms with Gasteiger partial charge in [-0.25, -0.2) is 14.8 Å². The van der Waals surface area contributed by atoms with Gasteiger partial charge < -0.3 is 19.5 Å². The Morgan fingerprint density at radius 3 is 2.50 bits per heavy atom. The lowest BCUT2D eigenvalue weighted by molar-refractivity contribution is 0.0494. The number of carbonyl (C=O) groups excluding carboxylic acids is 1. The molecule has 0 saturated heterocycles. The minimum absolute atomic E-state index is 0.183. The van der Waals surface area contributed by atoms with Gasteiger partial charge in [0, 0.05) is 6.54 Å². The highest BCUT2D eigenvalue weighted by Crippen LogP contribution is 2.28. The smallest absolute Gasteiger partial charge is 0.360 e. The maximum Gasteiger partial charge on any atom is 0.360 e. The van der Waals surface area contributed by atoms with Crippen molar-refractivity contribution in [2.45, 2.75) is 33.2 Å². The largest absolute Gasteiger partial charge is 0.493 e. The Kier molecular flexibility index (Phi) is 7.43. The molecule has 30 heavy (non-hydrogen) atoms. The summed E-state index contributed by atoms with van der Waals surface area (Å²) in [6.45, 7) is 5.32. The number of rotatable bonds is 10. The standard InChI is InChI=1S/C23H27N3O4/c1-4-6-13-30-23(27)21-22(26-18-10-8-7-9-17(18)25-21)24-15-16-11-12-19(29-5-2)20(14-16)28-3/h7-12,14H,4-6,13,15H2,1-3H3,(H,24,26). The first-order chi connectivity index (χ1) is 14.7. The van der Waals surface area contributed by atoms with Crippen LogP contribution in [0.2, 0.25) is 0 Å². The summed E-state index contributed by atoms with van der Waals surface area (Å²) in [6.07, 6.45) is 1.75. The predicted molar refractivity (Wildman–Crippen MR) is 116 cm³/mol. The van der Waals surface area contributed by atoms with Gasteiger partial charge >= 0.3 is 5.97 Å². The summed E-state index contributed by atoms with van der Waals surface area (Å²) in [5.74, 6) is 1.26. The van der Waals surface area contributed by atoms with E-state index in [4.69, 9.17) is 14.2 Å². The van der Waals surface area contributed by atoms with E-state index >= 15 is 0 Å². The number of nitrogens with one attached hydrogen (secondary N) is 1. The van der Waals surface area contributed by atoms with Crippen LogP contribution in [-0.2, 0) is 11.3 Å². The van der Waals surface area contributed by atoms with Crippen molar-refractivity contribution in [1.29, 1.82) is 0 Å². The molecular weight excluding hydrogens is 382 g/mol. The number of methoxy groups -OCH3 is 1. The van der Waals surface area contributed by atoms with Gasteiger partial charge in [-0.1, -0.05) is 31.5 Å². The molecule has 3 aromatic rings. The van der Waals surface area contributed by atoms with Gasteiger partial charge in [0.15, 0.2) is 23.0 Å². The van der Waals surface area contributed by atoms with Gasteiger partial charge in [0.2, 0.25) is 0 Å². The molecule has 0 fully saturated rings. The van der Waals surface area contributed by atoms with Crippen LogP contribution in [0.3, 0.4) is 0 Å². The average Bonchev–Trinajstić information content (AvgIpc) is 2.78. The van der Waals surface area contributed by atoms with Gasteiger partial charge in [0.25, 0.3) is 0 Å². The zero-order valence-electron chi connectivity index (χ0n) is 17.6.